The maximum Gasteiger partial charge on any atom is 0.322 e. The van der Waals surface area contributed by atoms with Gasteiger partial charge in [0.15, 0.2) is 0 Å². The van der Waals surface area contributed by atoms with Crippen molar-refractivity contribution in [2.75, 3.05) is 18.5 Å². The molecule has 29 heavy (non-hydrogen) atoms. The van der Waals surface area contributed by atoms with Gasteiger partial charge in [0.2, 0.25) is 0 Å². The predicted octanol–water partition coefficient (Wildman–Crippen LogP) is 4.04. The lowest BCUT2D eigenvalue weighted by Crippen LogP contribution is -2.40. The van der Waals surface area contributed by atoms with Crippen LogP contribution in [0.1, 0.15) is 35.2 Å². The fourth-order valence-electron chi connectivity index (χ4n) is 3.66. The Morgan fingerprint density at radius 3 is 2.55 bits per heavy atom. The van der Waals surface area contributed by atoms with Crippen LogP contribution in [0, 0.1) is 20.8 Å². The Hall–Kier alpha value is -3.12. The van der Waals surface area contributed by atoms with Crippen LogP contribution < -0.4 is 10.9 Å². The third kappa shape index (κ3) is 4.32. The normalized spacial score (nSPS) is 12.0. The molecule has 0 radical (unpaired) electrons. The number of aliphatic hydroxyl groups is 1. The minimum absolute atomic E-state index is 0.114. The molecular formula is C23H27N3O3. The molecule has 2 amide bonds. The first-order valence-corrected chi connectivity index (χ1v) is 9.70. The number of aliphatic hydroxyl groups excluding tert-OH is 1. The van der Waals surface area contributed by atoms with Crippen LogP contribution in [0.5, 0.6) is 0 Å². The molecule has 6 nitrogen and oxygen atoms in total. The topological polar surface area (TPSA) is 85.4 Å². The zero-order valence-corrected chi connectivity index (χ0v) is 17.2. The zero-order chi connectivity index (χ0) is 21.1. The van der Waals surface area contributed by atoms with Gasteiger partial charge >= 0.3 is 6.03 Å². The largest absolute Gasteiger partial charge is 0.395 e. The Morgan fingerprint density at radius 2 is 1.86 bits per heavy atom. The average molecular weight is 393 g/mol. The van der Waals surface area contributed by atoms with Gasteiger partial charge in [-0.1, -0.05) is 29.8 Å². The summed E-state index contributed by atoms with van der Waals surface area (Å²) in [5.74, 6) is 0. The number of amides is 2. The number of hydrogen-bond donors (Lipinski definition) is 3. The van der Waals surface area contributed by atoms with Gasteiger partial charge in [0.05, 0.1) is 18.2 Å². The van der Waals surface area contributed by atoms with Crippen molar-refractivity contribution in [2.24, 2.45) is 0 Å². The highest BCUT2D eigenvalue weighted by Crippen LogP contribution is 2.24. The molecule has 6 heteroatoms. The monoisotopic (exact) mass is 393 g/mol. The lowest BCUT2D eigenvalue weighted by molar-refractivity contribution is 0.167. The van der Waals surface area contributed by atoms with Crippen LogP contribution >= 0.6 is 0 Å². The Kier molecular flexibility index (Phi) is 6.03. The predicted molar refractivity (Wildman–Crippen MR) is 116 cm³/mol. The number of anilines is 1. The van der Waals surface area contributed by atoms with Crippen molar-refractivity contribution in [3.8, 4) is 0 Å². The van der Waals surface area contributed by atoms with Gasteiger partial charge in [0.25, 0.3) is 5.56 Å². The standard InChI is InChI=1S/C23H27N3O3/c1-14-11-16(3)21-18(12-14)13-19(22(28)25-21)17(4)26(9-10-27)23(29)24-20-8-6-5-7-15(20)2/h5-8,11-13,17,27H,9-10H2,1-4H3,(H,24,29)(H,25,28). The number of pyridine rings is 1. The molecule has 0 aliphatic heterocycles. The van der Waals surface area contributed by atoms with Crippen molar-refractivity contribution >= 4 is 22.6 Å². The summed E-state index contributed by atoms with van der Waals surface area (Å²) in [5.41, 5.74) is 4.79. The van der Waals surface area contributed by atoms with Gasteiger partial charge in [-0.3, -0.25) is 4.79 Å². The van der Waals surface area contributed by atoms with Gasteiger partial charge in [-0.15, -0.1) is 0 Å². The molecule has 0 spiro atoms. The summed E-state index contributed by atoms with van der Waals surface area (Å²) in [6.45, 7) is 7.59. The van der Waals surface area contributed by atoms with Crippen LogP contribution in [0.4, 0.5) is 10.5 Å². The number of rotatable bonds is 5. The van der Waals surface area contributed by atoms with E-state index in [4.69, 9.17) is 0 Å². The molecule has 2 aromatic carbocycles. The highest BCUT2D eigenvalue weighted by Gasteiger charge is 2.24. The first kappa shape index (κ1) is 20.6. The second kappa shape index (κ2) is 8.49. The van der Waals surface area contributed by atoms with Crippen molar-refractivity contribution in [3.63, 3.8) is 0 Å². The highest BCUT2D eigenvalue weighted by atomic mass is 16.3. The smallest absolute Gasteiger partial charge is 0.322 e. The number of H-pyrrole nitrogens is 1. The summed E-state index contributed by atoms with van der Waals surface area (Å²) < 4.78 is 0. The van der Waals surface area contributed by atoms with Gasteiger partial charge in [-0.2, -0.15) is 0 Å². The third-order valence-corrected chi connectivity index (χ3v) is 5.23. The minimum Gasteiger partial charge on any atom is -0.395 e. The van der Waals surface area contributed by atoms with Crippen molar-refractivity contribution in [1.82, 2.24) is 9.88 Å². The number of aryl methyl sites for hydroxylation is 3. The lowest BCUT2D eigenvalue weighted by atomic mass is 10.0. The van der Waals surface area contributed by atoms with Crippen LogP contribution in [0.25, 0.3) is 10.9 Å². The summed E-state index contributed by atoms with van der Waals surface area (Å²) in [6.07, 6.45) is 0. The fourth-order valence-corrected chi connectivity index (χ4v) is 3.66. The number of carbonyl (C=O) groups excluding carboxylic acids is 1. The third-order valence-electron chi connectivity index (χ3n) is 5.23. The van der Waals surface area contributed by atoms with E-state index in [9.17, 15) is 14.7 Å². The van der Waals surface area contributed by atoms with Gasteiger partial charge in [0.1, 0.15) is 0 Å². The quantitative estimate of drug-likeness (QED) is 0.611. The molecule has 1 heterocycles. The Morgan fingerprint density at radius 1 is 1.14 bits per heavy atom. The second-order valence-corrected chi connectivity index (χ2v) is 7.44. The van der Waals surface area contributed by atoms with E-state index < -0.39 is 6.04 Å². The molecule has 1 unspecified atom stereocenters. The highest BCUT2D eigenvalue weighted by molar-refractivity contribution is 5.90. The molecule has 0 fully saturated rings. The number of urea groups is 1. The molecule has 0 bridgehead atoms. The molecule has 1 aromatic heterocycles. The molecule has 3 aromatic rings. The van der Waals surface area contributed by atoms with E-state index in [1.165, 1.54) is 4.90 Å². The van der Waals surface area contributed by atoms with Crippen molar-refractivity contribution < 1.29 is 9.90 Å². The van der Waals surface area contributed by atoms with Gasteiger partial charge in [-0.05, 0) is 62.4 Å². The average Bonchev–Trinajstić information content (AvgIpc) is 2.67. The second-order valence-electron chi connectivity index (χ2n) is 7.44. The summed E-state index contributed by atoms with van der Waals surface area (Å²) >= 11 is 0. The molecule has 0 aliphatic rings. The Labute approximate surface area is 170 Å². The van der Waals surface area contributed by atoms with Crippen molar-refractivity contribution in [3.05, 3.63) is 75.1 Å². The number of benzene rings is 2. The lowest BCUT2D eigenvalue weighted by Gasteiger charge is -2.29. The molecule has 3 N–H and O–H groups in total. The van der Waals surface area contributed by atoms with E-state index in [0.717, 1.165) is 27.6 Å². The first-order chi connectivity index (χ1) is 13.8. The molecule has 0 aliphatic carbocycles. The molecule has 0 saturated heterocycles. The summed E-state index contributed by atoms with van der Waals surface area (Å²) in [7, 11) is 0. The molecule has 152 valence electrons. The van der Waals surface area contributed by atoms with Crippen LogP contribution in [0.2, 0.25) is 0 Å². The van der Waals surface area contributed by atoms with Crippen LogP contribution in [0.15, 0.2) is 47.3 Å². The Balaban J connectivity index is 1.97. The van der Waals surface area contributed by atoms with Crippen LogP contribution in [-0.2, 0) is 0 Å². The van der Waals surface area contributed by atoms with Gasteiger partial charge in [0, 0.05) is 17.8 Å². The number of carbonyl (C=O) groups is 1. The SMILES string of the molecule is Cc1cc(C)c2[nH]c(=O)c(C(C)N(CCO)C(=O)Nc3ccccc3C)cc2c1. The van der Waals surface area contributed by atoms with Crippen LogP contribution in [-0.4, -0.2) is 34.2 Å². The summed E-state index contributed by atoms with van der Waals surface area (Å²) in [4.78, 5) is 30.2. The number of aromatic amines is 1. The fraction of sp³-hybridized carbons (Fsp3) is 0.304. The van der Waals surface area contributed by atoms with Crippen LogP contribution in [0.3, 0.4) is 0 Å². The summed E-state index contributed by atoms with van der Waals surface area (Å²) in [5, 5.41) is 13.3. The van der Waals surface area contributed by atoms with Crippen molar-refractivity contribution in [1.29, 1.82) is 0 Å². The van der Waals surface area contributed by atoms with E-state index in [-0.39, 0.29) is 24.7 Å². The van der Waals surface area contributed by atoms with E-state index in [1.54, 1.807) is 6.92 Å². The molecule has 0 saturated carbocycles. The molecular weight excluding hydrogens is 366 g/mol. The van der Waals surface area contributed by atoms with E-state index in [1.807, 2.05) is 63.2 Å². The Bertz CT molecular complexity index is 1100. The molecule has 3 rings (SSSR count). The number of nitrogens with zero attached hydrogens (tertiary/aromatic N) is 1. The first-order valence-electron chi connectivity index (χ1n) is 9.70. The van der Waals surface area contributed by atoms with Gasteiger partial charge in [-0.25, -0.2) is 4.79 Å². The number of hydrogen-bond acceptors (Lipinski definition) is 3. The maximum absolute atomic E-state index is 12.9. The van der Waals surface area contributed by atoms with Gasteiger partial charge < -0.3 is 20.3 Å². The summed E-state index contributed by atoms with van der Waals surface area (Å²) in [6, 6.07) is 12.5. The van der Waals surface area contributed by atoms with Crippen molar-refractivity contribution in [2.45, 2.75) is 33.7 Å². The number of para-hydroxylation sites is 1. The van der Waals surface area contributed by atoms with E-state index in [0.29, 0.717) is 11.3 Å². The zero-order valence-electron chi connectivity index (χ0n) is 17.2. The molecule has 1 atom stereocenters. The minimum atomic E-state index is -0.514. The number of nitrogens with one attached hydrogen (secondary N) is 2. The maximum atomic E-state index is 12.9. The number of fused-ring (bicyclic) bond motifs is 1. The van der Waals surface area contributed by atoms with E-state index >= 15 is 0 Å². The van der Waals surface area contributed by atoms with E-state index in [2.05, 4.69) is 10.3 Å². The number of aromatic nitrogens is 1.